The molecule has 2 amide bonds. The summed E-state index contributed by atoms with van der Waals surface area (Å²) in [6.45, 7) is 0.829. The molecule has 0 unspecified atom stereocenters. The van der Waals surface area contributed by atoms with Crippen LogP contribution in [0.4, 0.5) is 4.79 Å². The summed E-state index contributed by atoms with van der Waals surface area (Å²) in [6.07, 6.45) is 8.22. The van der Waals surface area contributed by atoms with Crippen LogP contribution in [0.2, 0.25) is 0 Å². The van der Waals surface area contributed by atoms with E-state index in [4.69, 9.17) is 5.11 Å². The van der Waals surface area contributed by atoms with Gasteiger partial charge in [0.1, 0.15) is 0 Å². The summed E-state index contributed by atoms with van der Waals surface area (Å²) in [5.41, 5.74) is 1.43. The van der Waals surface area contributed by atoms with E-state index in [1.807, 2.05) is 18.2 Å². The molecular weight excluding hydrogens is 276 g/mol. The number of hydrogen-bond donors (Lipinski definition) is 3. The van der Waals surface area contributed by atoms with Crippen LogP contribution in [0.5, 0.6) is 0 Å². The molecule has 0 heterocycles. The highest BCUT2D eigenvalue weighted by molar-refractivity contribution is 5.74. The van der Waals surface area contributed by atoms with Gasteiger partial charge in [0.15, 0.2) is 0 Å². The first-order chi connectivity index (χ1) is 10.7. The fraction of sp³-hybridized carbons (Fsp3) is 0.500. The molecule has 0 saturated heterocycles. The van der Waals surface area contributed by atoms with Crippen LogP contribution in [-0.4, -0.2) is 30.3 Å². The van der Waals surface area contributed by atoms with Crippen LogP contribution in [0.15, 0.2) is 42.5 Å². The van der Waals surface area contributed by atoms with Gasteiger partial charge in [0, 0.05) is 30.5 Å². The molecule has 3 rings (SSSR count). The molecule has 1 aromatic carbocycles. The van der Waals surface area contributed by atoms with Gasteiger partial charge in [-0.15, -0.1) is 0 Å². The summed E-state index contributed by atoms with van der Waals surface area (Å²) in [7, 11) is 0. The second-order valence-corrected chi connectivity index (χ2v) is 6.50. The zero-order valence-electron chi connectivity index (χ0n) is 12.8. The monoisotopic (exact) mass is 300 g/mol. The second-order valence-electron chi connectivity index (χ2n) is 6.50. The number of aliphatic hydroxyl groups is 1. The van der Waals surface area contributed by atoms with Crippen molar-refractivity contribution in [1.29, 1.82) is 0 Å². The van der Waals surface area contributed by atoms with Crippen molar-refractivity contribution in [1.82, 2.24) is 10.6 Å². The van der Waals surface area contributed by atoms with Gasteiger partial charge in [0.25, 0.3) is 0 Å². The van der Waals surface area contributed by atoms with Crippen molar-refractivity contribution in [3.63, 3.8) is 0 Å². The Hall–Kier alpha value is -1.81. The minimum atomic E-state index is -0.115. The van der Waals surface area contributed by atoms with Gasteiger partial charge in [-0.1, -0.05) is 48.9 Å². The van der Waals surface area contributed by atoms with Gasteiger partial charge < -0.3 is 15.7 Å². The SMILES string of the molecule is O=C(NCC1(c2ccccc2)CCC1)N[C@@H]1C=C[C@H](CO)C1. The first kappa shape index (κ1) is 15.1. The summed E-state index contributed by atoms with van der Waals surface area (Å²) < 4.78 is 0. The van der Waals surface area contributed by atoms with Gasteiger partial charge in [0.05, 0.1) is 0 Å². The molecule has 4 heteroatoms. The molecule has 22 heavy (non-hydrogen) atoms. The average Bonchev–Trinajstić information content (AvgIpc) is 2.95. The zero-order valence-corrected chi connectivity index (χ0v) is 12.8. The van der Waals surface area contributed by atoms with Crippen LogP contribution in [0.1, 0.15) is 31.2 Å². The lowest BCUT2D eigenvalue weighted by Gasteiger charge is -2.42. The van der Waals surface area contributed by atoms with Crippen molar-refractivity contribution in [2.45, 2.75) is 37.1 Å². The third-order valence-electron chi connectivity index (χ3n) is 5.01. The molecule has 3 N–H and O–H groups in total. The second kappa shape index (κ2) is 6.53. The van der Waals surface area contributed by atoms with Crippen LogP contribution >= 0.6 is 0 Å². The molecule has 1 saturated carbocycles. The predicted molar refractivity (Wildman–Crippen MR) is 86.6 cm³/mol. The number of benzene rings is 1. The van der Waals surface area contributed by atoms with E-state index < -0.39 is 0 Å². The van der Waals surface area contributed by atoms with E-state index in [1.165, 1.54) is 12.0 Å². The number of aliphatic hydroxyl groups excluding tert-OH is 1. The number of rotatable bonds is 5. The molecular formula is C18H24N2O2. The molecule has 0 spiro atoms. The molecule has 0 aromatic heterocycles. The third-order valence-corrected chi connectivity index (χ3v) is 5.01. The number of amides is 2. The highest BCUT2D eigenvalue weighted by Crippen LogP contribution is 2.43. The van der Waals surface area contributed by atoms with E-state index in [-0.39, 0.29) is 30.0 Å². The fourth-order valence-corrected chi connectivity index (χ4v) is 3.45. The third kappa shape index (κ3) is 3.17. The maximum Gasteiger partial charge on any atom is 0.315 e. The maximum absolute atomic E-state index is 12.1. The van der Waals surface area contributed by atoms with E-state index >= 15 is 0 Å². The van der Waals surface area contributed by atoms with Crippen LogP contribution in [0.25, 0.3) is 0 Å². The molecule has 2 aliphatic rings. The van der Waals surface area contributed by atoms with Crippen LogP contribution in [0.3, 0.4) is 0 Å². The maximum atomic E-state index is 12.1. The molecule has 1 aromatic rings. The van der Waals surface area contributed by atoms with Crippen molar-refractivity contribution in [2.75, 3.05) is 13.2 Å². The van der Waals surface area contributed by atoms with Gasteiger partial charge in [-0.3, -0.25) is 0 Å². The summed E-state index contributed by atoms with van der Waals surface area (Å²) >= 11 is 0. The first-order valence-electron chi connectivity index (χ1n) is 8.11. The normalized spacial score (nSPS) is 25.5. The van der Waals surface area contributed by atoms with Gasteiger partial charge in [-0.25, -0.2) is 4.79 Å². The summed E-state index contributed by atoms with van der Waals surface area (Å²) in [4.78, 5) is 12.1. The number of urea groups is 1. The number of carbonyl (C=O) groups is 1. The largest absolute Gasteiger partial charge is 0.396 e. The van der Waals surface area contributed by atoms with Crippen molar-refractivity contribution < 1.29 is 9.90 Å². The Balaban J connectivity index is 1.51. The summed E-state index contributed by atoms with van der Waals surface area (Å²) in [5, 5.41) is 15.1. The minimum Gasteiger partial charge on any atom is -0.396 e. The lowest BCUT2D eigenvalue weighted by Crippen LogP contribution is -2.49. The molecule has 0 aliphatic heterocycles. The van der Waals surface area contributed by atoms with Gasteiger partial charge in [-0.2, -0.15) is 0 Å². The molecule has 0 radical (unpaired) electrons. The van der Waals surface area contributed by atoms with E-state index in [9.17, 15) is 4.79 Å². The number of carbonyl (C=O) groups excluding carboxylic acids is 1. The summed E-state index contributed by atoms with van der Waals surface area (Å²) in [6, 6.07) is 10.4. The van der Waals surface area contributed by atoms with Gasteiger partial charge in [-0.05, 0) is 24.8 Å². The first-order valence-corrected chi connectivity index (χ1v) is 8.11. The van der Waals surface area contributed by atoms with Crippen molar-refractivity contribution in [3.8, 4) is 0 Å². The Morgan fingerprint density at radius 2 is 2.00 bits per heavy atom. The lowest BCUT2D eigenvalue weighted by atomic mass is 9.64. The Morgan fingerprint density at radius 1 is 1.23 bits per heavy atom. The number of nitrogens with one attached hydrogen (secondary N) is 2. The Bertz CT molecular complexity index is 537. The highest BCUT2D eigenvalue weighted by Gasteiger charge is 2.38. The van der Waals surface area contributed by atoms with Crippen molar-refractivity contribution in [2.24, 2.45) is 5.92 Å². The van der Waals surface area contributed by atoms with Crippen molar-refractivity contribution in [3.05, 3.63) is 48.0 Å². The van der Waals surface area contributed by atoms with E-state index in [2.05, 4.69) is 34.9 Å². The summed E-state index contributed by atoms with van der Waals surface area (Å²) in [5.74, 6) is 0.174. The van der Waals surface area contributed by atoms with Crippen LogP contribution < -0.4 is 10.6 Å². The smallest absolute Gasteiger partial charge is 0.315 e. The molecule has 2 aliphatic carbocycles. The van der Waals surface area contributed by atoms with E-state index in [0.717, 1.165) is 19.3 Å². The predicted octanol–water partition coefficient (Wildman–Crippen LogP) is 2.34. The quantitative estimate of drug-likeness (QED) is 0.731. The zero-order chi connectivity index (χ0) is 15.4. The van der Waals surface area contributed by atoms with Gasteiger partial charge >= 0.3 is 6.03 Å². The van der Waals surface area contributed by atoms with Crippen molar-refractivity contribution >= 4 is 6.03 Å². The molecule has 4 nitrogen and oxygen atoms in total. The highest BCUT2D eigenvalue weighted by atomic mass is 16.3. The molecule has 1 fully saturated rings. The van der Waals surface area contributed by atoms with E-state index in [1.54, 1.807) is 0 Å². The topological polar surface area (TPSA) is 61.4 Å². The minimum absolute atomic E-state index is 0.0335. The lowest BCUT2D eigenvalue weighted by molar-refractivity contribution is 0.211. The molecule has 0 bridgehead atoms. The van der Waals surface area contributed by atoms with Crippen LogP contribution in [0, 0.1) is 5.92 Å². The standard InChI is InChI=1S/C18H24N2O2/c21-12-14-7-8-16(11-14)20-17(22)19-13-18(9-4-10-18)15-5-2-1-3-6-15/h1-3,5-8,14,16,21H,4,9-13H2,(H2,19,20,22)/t14-,16+/m0/s1. The van der Waals surface area contributed by atoms with Gasteiger partial charge in [0.2, 0.25) is 0 Å². The molecule has 118 valence electrons. The molecule has 2 atom stereocenters. The Labute approximate surface area is 131 Å². The Morgan fingerprint density at radius 3 is 2.59 bits per heavy atom. The Kier molecular flexibility index (Phi) is 4.48. The average molecular weight is 300 g/mol. The van der Waals surface area contributed by atoms with E-state index in [0.29, 0.717) is 6.54 Å². The fourth-order valence-electron chi connectivity index (χ4n) is 3.45. The number of hydrogen-bond acceptors (Lipinski definition) is 2. The van der Waals surface area contributed by atoms with Crippen LogP contribution in [-0.2, 0) is 5.41 Å².